The van der Waals surface area contributed by atoms with Crippen molar-refractivity contribution in [1.29, 1.82) is 0 Å². The van der Waals surface area contributed by atoms with Crippen LogP contribution in [0.4, 0.5) is 0 Å². The fourth-order valence-corrected chi connectivity index (χ4v) is 1.32. The molecule has 0 fully saturated rings. The second-order valence-electron chi connectivity index (χ2n) is 4.79. The Morgan fingerprint density at radius 1 is 0.840 bits per heavy atom. The number of aliphatic carboxylic acids is 3. The zero-order chi connectivity index (χ0) is 20.4. The summed E-state index contributed by atoms with van der Waals surface area (Å²) in [6.07, 6.45) is -7.51. The predicted octanol–water partition coefficient (Wildman–Crippen LogP) is -4.63. The van der Waals surface area contributed by atoms with Gasteiger partial charge in [0.25, 0.3) is 0 Å². The van der Waals surface area contributed by atoms with Crippen molar-refractivity contribution in [1.82, 2.24) is 0 Å². The molecule has 146 valence electrons. The molecule has 0 rings (SSSR count). The average Bonchev–Trinajstić information content (AvgIpc) is 2.50. The molecule has 0 heterocycles. The summed E-state index contributed by atoms with van der Waals surface area (Å²) in [5.74, 6) is -6.02. The molecule has 0 aliphatic heterocycles. The first kappa shape index (κ1) is 25.1. The van der Waals surface area contributed by atoms with Gasteiger partial charge in [0.05, 0.1) is 19.4 Å². The molecule has 0 aliphatic rings. The van der Waals surface area contributed by atoms with E-state index in [1.807, 2.05) is 0 Å². The molecule has 0 saturated carbocycles. The van der Waals surface area contributed by atoms with Crippen LogP contribution in [-0.4, -0.2) is 107 Å². The number of Topliss-reactive ketones (excluding diaryl/α,β-unsaturated/α-hetero) is 1. The maximum atomic E-state index is 10.5. The SMILES string of the molecule is O=C(CO)C(O)C(O)C(O)CO.O=C(O)CC(O)(CC(=O)O)C(=O)O. The summed E-state index contributed by atoms with van der Waals surface area (Å²) in [4.78, 5) is 41.0. The van der Waals surface area contributed by atoms with Crippen molar-refractivity contribution in [3.63, 3.8) is 0 Å². The van der Waals surface area contributed by atoms with Crippen molar-refractivity contribution in [2.45, 2.75) is 36.8 Å². The van der Waals surface area contributed by atoms with Gasteiger partial charge in [-0.15, -0.1) is 0 Å². The van der Waals surface area contributed by atoms with Crippen molar-refractivity contribution in [3.05, 3.63) is 0 Å². The molecule has 0 radical (unpaired) electrons. The van der Waals surface area contributed by atoms with Crippen molar-refractivity contribution >= 4 is 23.7 Å². The van der Waals surface area contributed by atoms with Crippen LogP contribution in [0, 0.1) is 0 Å². The number of rotatable bonds is 10. The van der Waals surface area contributed by atoms with Crippen LogP contribution >= 0.6 is 0 Å². The first-order chi connectivity index (χ1) is 11.3. The Bertz CT molecular complexity index is 458. The molecule has 13 nitrogen and oxygen atoms in total. The fourth-order valence-electron chi connectivity index (χ4n) is 1.32. The number of carbonyl (C=O) groups excluding carboxylic acids is 1. The second-order valence-corrected chi connectivity index (χ2v) is 4.79. The van der Waals surface area contributed by atoms with E-state index in [1.54, 1.807) is 0 Å². The van der Waals surface area contributed by atoms with Gasteiger partial charge in [-0.25, -0.2) is 4.79 Å². The summed E-state index contributed by atoms with van der Waals surface area (Å²) < 4.78 is 0. The highest BCUT2D eigenvalue weighted by Gasteiger charge is 2.40. The molecule has 13 heteroatoms. The molecule has 9 N–H and O–H groups in total. The van der Waals surface area contributed by atoms with E-state index in [0.29, 0.717) is 0 Å². The number of ketones is 1. The lowest BCUT2D eigenvalue weighted by Gasteiger charge is -2.19. The summed E-state index contributed by atoms with van der Waals surface area (Å²) in [6, 6.07) is 0. The molecule has 3 atom stereocenters. The van der Waals surface area contributed by atoms with Crippen molar-refractivity contribution in [2.75, 3.05) is 13.2 Å². The Balaban J connectivity index is 0. The molecule has 0 aromatic rings. The highest BCUT2D eigenvalue weighted by molar-refractivity contribution is 5.88. The zero-order valence-corrected chi connectivity index (χ0v) is 12.7. The van der Waals surface area contributed by atoms with Crippen LogP contribution in [0.5, 0.6) is 0 Å². The second kappa shape index (κ2) is 11.4. The van der Waals surface area contributed by atoms with Gasteiger partial charge in [0.2, 0.25) is 0 Å². The van der Waals surface area contributed by atoms with Crippen LogP contribution in [0.25, 0.3) is 0 Å². The van der Waals surface area contributed by atoms with E-state index in [1.165, 1.54) is 0 Å². The zero-order valence-electron chi connectivity index (χ0n) is 12.7. The number of aliphatic hydroxyl groups is 6. The number of aliphatic hydroxyl groups excluding tert-OH is 5. The van der Waals surface area contributed by atoms with Crippen molar-refractivity contribution in [2.24, 2.45) is 0 Å². The topological polar surface area (TPSA) is 250 Å². The largest absolute Gasteiger partial charge is 0.481 e. The molecule has 0 saturated heterocycles. The lowest BCUT2D eigenvalue weighted by molar-refractivity contribution is -0.170. The lowest BCUT2D eigenvalue weighted by atomic mass is 9.96. The van der Waals surface area contributed by atoms with Crippen LogP contribution in [0.2, 0.25) is 0 Å². The maximum Gasteiger partial charge on any atom is 0.336 e. The average molecular weight is 372 g/mol. The van der Waals surface area contributed by atoms with Crippen LogP contribution in [-0.2, 0) is 19.2 Å². The number of carboxylic acids is 3. The molecule has 0 amide bonds. The van der Waals surface area contributed by atoms with Crippen LogP contribution < -0.4 is 0 Å². The monoisotopic (exact) mass is 372 g/mol. The van der Waals surface area contributed by atoms with Gasteiger partial charge in [-0.1, -0.05) is 0 Å². The Morgan fingerprint density at radius 2 is 1.24 bits per heavy atom. The van der Waals surface area contributed by atoms with E-state index in [2.05, 4.69) is 0 Å². The summed E-state index contributed by atoms with van der Waals surface area (Å²) in [6.45, 7) is -1.69. The minimum Gasteiger partial charge on any atom is -0.481 e. The molecular formula is C12H20O13. The number of carbonyl (C=O) groups is 4. The number of hydrogen-bond acceptors (Lipinski definition) is 10. The van der Waals surface area contributed by atoms with Crippen LogP contribution in [0.3, 0.4) is 0 Å². The third kappa shape index (κ3) is 9.65. The Labute approximate surface area is 140 Å². The molecule has 0 spiro atoms. The Hall–Kier alpha value is -2.16. The summed E-state index contributed by atoms with van der Waals surface area (Å²) in [7, 11) is 0. The van der Waals surface area contributed by atoms with Gasteiger partial charge in [-0.05, 0) is 0 Å². The lowest BCUT2D eigenvalue weighted by Crippen LogP contribution is -2.44. The number of hydrogen-bond donors (Lipinski definition) is 9. The van der Waals surface area contributed by atoms with E-state index in [-0.39, 0.29) is 0 Å². The van der Waals surface area contributed by atoms with Crippen LogP contribution in [0.15, 0.2) is 0 Å². The molecule has 3 unspecified atom stereocenters. The normalized spacial score (nSPS) is 14.5. The minimum atomic E-state index is -2.74. The van der Waals surface area contributed by atoms with E-state index in [4.69, 9.17) is 46.0 Å². The molecule has 25 heavy (non-hydrogen) atoms. The van der Waals surface area contributed by atoms with E-state index < -0.39 is 73.7 Å². The highest BCUT2D eigenvalue weighted by atomic mass is 16.4. The Morgan fingerprint density at radius 3 is 1.48 bits per heavy atom. The fraction of sp³-hybridized carbons (Fsp3) is 0.667. The molecular weight excluding hydrogens is 352 g/mol. The van der Waals surface area contributed by atoms with Gasteiger partial charge in [0.1, 0.15) is 24.9 Å². The van der Waals surface area contributed by atoms with E-state index in [0.717, 1.165) is 0 Å². The summed E-state index contributed by atoms with van der Waals surface area (Å²) in [5.41, 5.74) is -2.74. The number of carboxylic acid groups (broad SMARTS) is 3. The summed E-state index contributed by atoms with van der Waals surface area (Å²) in [5, 5.41) is 76.9. The van der Waals surface area contributed by atoms with Crippen molar-refractivity contribution < 1.29 is 65.1 Å². The quantitative estimate of drug-likeness (QED) is 0.175. The Kier molecular flexibility index (Phi) is 11.4. The maximum absolute atomic E-state index is 10.5. The third-order valence-corrected chi connectivity index (χ3v) is 2.68. The van der Waals surface area contributed by atoms with E-state index >= 15 is 0 Å². The minimum absolute atomic E-state index is 0.767. The van der Waals surface area contributed by atoms with Gasteiger partial charge in [0.15, 0.2) is 11.4 Å². The smallest absolute Gasteiger partial charge is 0.336 e. The third-order valence-electron chi connectivity index (χ3n) is 2.68. The van der Waals surface area contributed by atoms with Gasteiger partial charge in [0, 0.05) is 0 Å². The van der Waals surface area contributed by atoms with Gasteiger partial charge < -0.3 is 46.0 Å². The summed E-state index contributed by atoms with van der Waals surface area (Å²) >= 11 is 0. The molecule has 0 aliphatic carbocycles. The first-order valence-electron chi connectivity index (χ1n) is 6.50. The molecule has 0 aromatic heterocycles. The van der Waals surface area contributed by atoms with Crippen LogP contribution in [0.1, 0.15) is 12.8 Å². The molecule has 0 bridgehead atoms. The highest BCUT2D eigenvalue weighted by Crippen LogP contribution is 2.15. The molecule has 0 aromatic carbocycles. The van der Waals surface area contributed by atoms with Gasteiger partial charge in [-0.2, -0.15) is 0 Å². The van der Waals surface area contributed by atoms with Gasteiger partial charge in [-0.3, -0.25) is 14.4 Å². The first-order valence-corrected chi connectivity index (χ1v) is 6.50. The predicted molar refractivity (Wildman–Crippen MR) is 74.3 cm³/mol. The van der Waals surface area contributed by atoms with E-state index in [9.17, 15) is 19.2 Å². The standard InChI is InChI=1S/C6H8O7.C6H12O6/c7-3(8)1-6(13,5(11)12)2-4(9)10;7-1-3(9)5(11)6(12)4(10)2-8/h13H,1-2H2,(H,7,8)(H,9,10)(H,11,12);3,5-9,11-12H,1-2H2. The van der Waals surface area contributed by atoms with Crippen molar-refractivity contribution in [3.8, 4) is 0 Å². The van der Waals surface area contributed by atoms with Gasteiger partial charge >= 0.3 is 17.9 Å².